The van der Waals surface area contributed by atoms with Crippen LogP contribution in [0.5, 0.6) is 17.2 Å². The number of nitrogens with zero attached hydrogens (tertiary/aromatic N) is 7. The summed E-state index contributed by atoms with van der Waals surface area (Å²) in [5, 5.41) is 39.2. The number of carbonyl (C=O) groups is 1. The second-order valence-electron chi connectivity index (χ2n) is 15.3. The van der Waals surface area contributed by atoms with Gasteiger partial charge in [-0.25, -0.2) is 9.78 Å². The maximum absolute atomic E-state index is 12.0. The predicted octanol–water partition coefficient (Wildman–Crippen LogP) is 7.90. The zero-order chi connectivity index (χ0) is 56.9. The molecule has 32 heteroatoms. The zero-order valence-corrected chi connectivity index (χ0v) is 46.5. The molecule has 77 heavy (non-hydrogen) atoms. The maximum Gasteiger partial charge on any atom is 0.425 e. The van der Waals surface area contributed by atoms with E-state index in [2.05, 4.69) is 57.6 Å². The van der Waals surface area contributed by atoms with Crippen molar-refractivity contribution in [2.45, 2.75) is 50.7 Å². The van der Waals surface area contributed by atoms with Crippen LogP contribution >= 0.6 is 31.9 Å². The fourth-order valence-corrected chi connectivity index (χ4v) is 8.41. The number of aromatic nitrogens is 3. The molecule has 1 heterocycles. The van der Waals surface area contributed by atoms with E-state index in [0.29, 0.717) is 56.0 Å². The normalized spacial score (nSPS) is 11.3. The Morgan fingerprint density at radius 3 is 1.62 bits per heavy atom. The summed E-state index contributed by atoms with van der Waals surface area (Å²) in [5.74, 6) is -0.196. The van der Waals surface area contributed by atoms with Crippen LogP contribution < -0.4 is 19.5 Å². The van der Waals surface area contributed by atoms with Crippen molar-refractivity contribution < 1.29 is 80.4 Å². The summed E-state index contributed by atoms with van der Waals surface area (Å²) in [6.07, 6.45) is 0.830. The third kappa shape index (κ3) is 21.8. The number of benzene rings is 5. The fourth-order valence-electron chi connectivity index (χ4n) is 6.31. The first-order valence-corrected chi connectivity index (χ1v) is 28.4. The van der Waals surface area contributed by atoms with Crippen LogP contribution in [0, 0.1) is 0 Å². The molecule has 0 aliphatic rings. The number of aliphatic hydroxyl groups is 1. The number of methoxy groups -OCH3 is 1. The molecule has 0 radical (unpaired) electrons. The van der Waals surface area contributed by atoms with Gasteiger partial charge in [-0.2, -0.15) is 37.0 Å². The molecule has 1 aromatic heterocycles. The molecule has 0 atom stereocenters. The molecule has 0 fully saturated rings. The highest BCUT2D eigenvalue weighted by Crippen LogP contribution is 2.38. The number of rotatable bonds is 23. The summed E-state index contributed by atoms with van der Waals surface area (Å²) >= 11 is 7.16. The van der Waals surface area contributed by atoms with Gasteiger partial charge in [0.2, 0.25) is 5.95 Å². The smallest absolute Gasteiger partial charge is 0.425 e. The molecule has 6 aromatic rings. The van der Waals surface area contributed by atoms with Gasteiger partial charge in [-0.05, 0) is 110 Å². The summed E-state index contributed by atoms with van der Waals surface area (Å²) in [5.41, 5.74) is 4.17. The average molecular weight is 1270 g/mol. The molecule has 0 aliphatic heterocycles. The van der Waals surface area contributed by atoms with E-state index in [-0.39, 0.29) is 79.2 Å². The molecular weight excluding hydrogens is 1230 g/mol. The second kappa shape index (κ2) is 30.0. The van der Waals surface area contributed by atoms with E-state index in [4.69, 9.17) is 54.4 Å². The van der Waals surface area contributed by atoms with Gasteiger partial charge in [0.15, 0.2) is 0 Å². The summed E-state index contributed by atoms with van der Waals surface area (Å²) in [6.45, 7) is 2.35. The van der Waals surface area contributed by atoms with Crippen molar-refractivity contribution in [2.24, 2.45) is 20.5 Å². The summed E-state index contributed by atoms with van der Waals surface area (Å²) < 4.78 is 135. The van der Waals surface area contributed by atoms with Gasteiger partial charge in [0, 0.05) is 51.6 Å². The Bertz CT molecular complexity index is 3540. The predicted molar refractivity (Wildman–Crippen MR) is 280 cm³/mol. The number of carboxylic acids is 1. The first-order valence-electron chi connectivity index (χ1n) is 21.8. The third-order valence-electron chi connectivity index (χ3n) is 9.69. The lowest BCUT2D eigenvalue weighted by molar-refractivity contribution is 0.0696. The van der Waals surface area contributed by atoms with Crippen LogP contribution in [0.4, 0.5) is 28.7 Å². The Labute approximate surface area is 459 Å². The van der Waals surface area contributed by atoms with Crippen molar-refractivity contribution in [1.29, 1.82) is 0 Å². The van der Waals surface area contributed by atoms with Crippen molar-refractivity contribution in [3.8, 4) is 17.2 Å². The molecular formula is C45H44Br2N8O18S4. The molecule has 0 unspecified atom stereocenters. The number of anilines is 1. The molecule has 0 aliphatic carbocycles. The Balaban J connectivity index is 0.00000149. The fraction of sp³-hybridized carbons (Fsp3) is 0.244. The van der Waals surface area contributed by atoms with Crippen LogP contribution in [0.2, 0.25) is 0 Å². The van der Waals surface area contributed by atoms with Gasteiger partial charge < -0.3 is 29.7 Å². The van der Waals surface area contributed by atoms with Crippen LogP contribution in [0.25, 0.3) is 0 Å². The van der Waals surface area contributed by atoms with Gasteiger partial charge in [-0.15, -0.1) is 35.5 Å². The molecule has 0 amide bonds. The van der Waals surface area contributed by atoms with Crippen molar-refractivity contribution in [1.82, 2.24) is 15.0 Å². The number of aromatic carboxylic acids is 1. The van der Waals surface area contributed by atoms with Crippen molar-refractivity contribution >= 4 is 108 Å². The van der Waals surface area contributed by atoms with Gasteiger partial charge in [0.05, 0.1) is 49.6 Å². The van der Waals surface area contributed by atoms with Gasteiger partial charge in [0.25, 0.3) is 20.2 Å². The number of nitrogens with one attached hydrogen (secondary N) is 1. The number of carboxylic acid groups (broad SMARTS) is 1. The molecule has 5 N–H and O–H groups in total. The molecule has 0 saturated carbocycles. The number of aliphatic hydroxyl groups excluding tert-OH is 1. The minimum Gasteiger partial charge on any atom is -0.495 e. The Hall–Kier alpha value is -7.04. The maximum atomic E-state index is 12.0. The molecule has 0 spiro atoms. The highest BCUT2D eigenvalue weighted by molar-refractivity contribution is 9.11. The topological polar surface area (TPSA) is 397 Å². The minimum absolute atomic E-state index is 0.0266. The van der Waals surface area contributed by atoms with Crippen LogP contribution in [0.1, 0.15) is 64.0 Å². The van der Waals surface area contributed by atoms with E-state index in [1.165, 1.54) is 37.4 Å². The standard InChI is InChI=1S/C45H44Br2N8O12S2.2O3S/c1-3-15-66-39-23-36(54-52-32-11-7-28(26-56)8-12-32)34(46)18-30(39)20-42-49-43(51-45(50-42)48-25-27-5-9-29(10-6-27)44(57)58)21-31-19-35(47)37(24-40(31)67-16-4-17-68(59,60)61)55-53-33-13-14-38(65-2)41(22-33)69(62,63)64;2*1-4(2)3/h5-14,18-19,22-24,56H,3-4,15-17,20-21,25-26H2,1-2H3,(H,57,58)(H,59,60,61)(H,62,63,64)(H,48,49,50,51);;. The number of azo groups is 2. The lowest BCUT2D eigenvalue weighted by atomic mass is 10.1. The molecule has 26 nitrogen and oxygen atoms in total. The number of hydrogen-bond acceptors (Lipinski definition) is 23. The molecule has 410 valence electrons. The van der Waals surface area contributed by atoms with Crippen molar-refractivity contribution in [3.05, 3.63) is 139 Å². The summed E-state index contributed by atoms with van der Waals surface area (Å²) in [4.78, 5) is 25.3. The van der Waals surface area contributed by atoms with Gasteiger partial charge in [-0.1, -0.05) is 31.2 Å². The van der Waals surface area contributed by atoms with Crippen LogP contribution in [-0.4, -0.2) is 108 Å². The van der Waals surface area contributed by atoms with E-state index < -0.39 is 58.1 Å². The summed E-state index contributed by atoms with van der Waals surface area (Å²) in [7, 11) is -13.9. The number of ether oxygens (including phenoxy) is 3. The van der Waals surface area contributed by atoms with E-state index >= 15 is 0 Å². The minimum atomic E-state index is -4.67. The van der Waals surface area contributed by atoms with Crippen LogP contribution in [0.15, 0.2) is 125 Å². The number of hydrogen-bond donors (Lipinski definition) is 5. The van der Waals surface area contributed by atoms with Crippen molar-refractivity contribution in [2.75, 3.05) is 31.4 Å². The second-order valence-corrected chi connectivity index (χ2v) is 20.8. The monoisotopic (exact) mass is 1270 g/mol. The summed E-state index contributed by atoms with van der Waals surface area (Å²) in [6, 6.07) is 23.9. The lowest BCUT2D eigenvalue weighted by Crippen LogP contribution is -2.12. The molecule has 6 rings (SSSR count). The van der Waals surface area contributed by atoms with E-state index in [0.717, 1.165) is 17.2 Å². The van der Waals surface area contributed by atoms with E-state index in [9.17, 15) is 40.9 Å². The Morgan fingerprint density at radius 1 is 0.662 bits per heavy atom. The lowest BCUT2D eigenvalue weighted by Gasteiger charge is -2.15. The van der Waals surface area contributed by atoms with E-state index in [1.807, 2.05) is 13.0 Å². The highest BCUT2D eigenvalue weighted by atomic mass is 79.9. The Kier molecular flexibility index (Phi) is 24.4. The highest BCUT2D eigenvalue weighted by Gasteiger charge is 2.20. The average Bonchev–Trinajstić information content (AvgIpc) is 3.36. The Morgan fingerprint density at radius 2 is 1.16 bits per heavy atom. The molecule has 0 saturated heterocycles. The van der Waals surface area contributed by atoms with E-state index in [1.54, 1.807) is 48.5 Å². The number of halogens is 2. The SMILES string of the molecule is CCCOc1cc(N=Nc2ccc(CO)cc2)c(Br)cc1Cc1nc(Cc2cc(Br)c(N=Nc3ccc(OC)c(S(=O)(=O)O)c3)cc2OCCCS(=O)(=O)O)nc(NCc2ccc(C(=O)O)cc2)n1.O=S(=O)=O.O=S(=O)=O. The quantitative estimate of drug-likeness (QED) is 0.0231. The van der Waals surface area contributed by atoms with Crippen LogP contribution in [-0.2, 0) is 67.4 Å². The first-order chi connectivity index (χ1) is 36.4. The first kappa shape index (κ1) is 62.5. The van der Waals surface area contributed by atoms with Crippen LogP contribution in [0.3, 0.4) is 0 Å². The third-order valence-corrected chi connectivity index (χ3v) is 12.6. The van der Waals surface area contributed by atoms with Gasteiger partial charge >= 0.3 is 27.2 Å². The molecule has 0 bridgehead atoms. The largest absolute Gasteiger partial charge is 0.495 e. The van der Waals surface area contributed by atoms with Gasteiger partial charge in [0.1, 0.15) is 45.2 Å². The van der Waals surface area contributed by atoms with Crippen molar-refractivity contribution in [3.63, 3.8) is 0 Å². The molecule has 5 aromatic carbocycles. The van der Waals surface area contributed by atoms with Gasteiger partial charge in [-0.3, -0.25) is 9.11 Å². The zero-order valence-electron chi connectivity index (χ0n) is 40.0.